The van der Waals surface area contributed by atoms with Gasteiger partial charge in [0.1, 0.15) is 0 Å². The number of benzene rings is 1. The molecule has 0 spiro atoms. The summed E-state index contributed by atoms with van der Waals surface area (Å²) in [6.07, 6.45) is 1.65. The van der Waals surface area contributed by atoms with E-state index in [1.165, 1.54) is 5.56 Å². The lowest BCUT2D eigenvalue weighted by molar-refractivity contribution is -0.137. The van der Waals surface area contributed by atoms with Crippen LogP contribution in [-0.2, 0) is 9.59 Å². The first kappa shape index (κ1) is 17.2. The van der Waals surface area contributed by atoms with Crippen LogP contribution in [0.25, 0.3) is 0 Å². The average molecular weight is 291 g/mol. The zero-order valence-electron chi connectivity index (χ0n) is 13.1. The smallest absolute Gasteiger partial charge is 0.303 e. The highest BCUT2D eigenvalue weighted by Crippen LogP contribution is 2.18. The van der Waals surface area contributed by atoms with Crippen LogP contribution in [0.15, 0.2) is 24.3 Å². The molecule has 0 bridgehead atoms. The van der Waals surface area contributed by atoms with Crippen molar-refractivity contribution in [3.05, 3.63) is 35.4 Å². The summed E-state index contributed by atoms with van der Waals surface area (Å²) in [6, 6.07) is 8.25. The second kappa shape index (κ2) is 8.45. The summed E-state index contributed by atoms with van der Waals surface area (Å²) in [7, 11) is 0. The van der Waals surface area contributed by atoms with E-state index in [-0.39, 0.29) is 18.4 Å². The zero-order chi connectivity index (χ0) is 15.8. The predicted octanol–water partition coefficient (Wildman–Crippen LogP) is 3.63. The number of nitrogens with one attached hydrogen (secondary N) is 1. The first-order chi connectivity index (χ1) is 9.90. The molecule has 4 nitrogen and oxygen atoms in total. The summed E-state index contributed by atoms with van der Waals surface area (Å²) < 4.78 is 0. The van der Waals surface area contributed by atoms with E-state index >= 15 is 0 Å². The number of carbonyl (C=O) groups excluding carboxylic acids is 1. The maximum absolute atomic E-state index is 11.8. The van der Waals surface area contributed by atoms with Gasteiger partial charge in [-0.3, -0.25) is 9.59 Å². The van der Waals surface area contributed by atoms with Gasteiger partial charge >= 0.3 is 5.97 Å². The minimum atomic E-state index is -0.811. The van der Waals surface area contributed by atoms with Crippen molar-refractivity contribution in [2.75, 3.05) is 0 Å². The molecule has 4 heteroatoms. The molecule has 0 aliphatic carbocycles. The van der Waals surface area contributed by atoms with E-state index in [4.69, 9.17) is 5.11 Å². The van der Waals surface area contributed by atoms with E-state index in [2.05, 4.69) is 31.3 Å². The molecule has 1 rings (SSSR count). The van der Waals surface area contributed by atoms with Crippen LogP contribution in [0, 0.1) is 0 Å². The minimum absolute atomic E-state index is 0.0270. The van der Waals surface area contributed by atoms with Crippen LogP contribution in [-0.4, -0.2) is 17.0 Å². The Balaban J connectivity index is 2.39. The van der Waals surface area contributed by atoms with Gasteiger partial charge in [-0.25, -0.2) is 0 Å². The third-order valence-electron chi connectivity index (χ3n) is 3.53. The Morgan fingerprint density at radius 3 is 2.05 bits per heavy atom. The first-order valence-corrected chi connectivity index (χ1v) is 7.51. The van der Waals surface area contributed by atoms with Gasteiger partial charge in [0.05, 0.1) is 6.04 Å². The van der Waals surface area contributed by atoms with Gasteiger partial charge in [-0.2, -0.15) is 0 Å². The van der Waals surface area contributed by atoms with Gasteiger partial charge in [0.25, 0.3) is 0 Å². The molecule has 0 fully saturated rings. The summed E-state index contributed by atoms with van der Waals surface area (Å²) >= 11 is 0. The molecular weight excluding hydrogens is 266 g/mol. The Morgan fingerprint density at radius 2 is 1.52 bits per heavy atom. The van der Waals surface area contributed by atoms with Crippen LogP contribution in [0.2, 0.25) is 0 Å². The van der Waals surface area contributed by atoms with E-state index in [0.717, 1.165) is 5.56 Å². The van der Waals surface area contributed by atoms with Crippen molar-refractivity contribution < 1.29 is 14.7 Å². The number of carboxylic acid groups (broad SMARTS) is 1. The van der Waals surface area contributed by atoms with Crippen molar-refractivity contribution in [3.63, 3.8) is 0 Å². The molecule has 0 radical (unpaired) electrons. The van der Waals surface area contributed by atoms with Crippen molar-refractivity contribution in [2.24, 2.45) is 0 Å². The molecule has 1 aromatic rings. The fourth-order valence-electron chi connectivity index (χ4n) is 2.13. The second-order valence-electron chi connectivity index (χ2n) is 5.71. The minimum Gasteiger partial charge on any atom is -0.481 e. The fraction of sp³-hybridized carbons (Fsp3) is 0.529. The molecule has 2 N–H and O–H groups in total. The van der Waals surface area contributed by atoms with Crippen LogP contribution >= 0.6 is 0 Å². The highest BCUT2D eigenvalue weighted by Gasteiger charge is 2.10. The molecular formula is C17H25NO3. The molecule has 1 atom stereocenters. The summed E-state index contributed by atoms with van der Waals surface area (Å²) in [4.78, 5) is 22.2. The Bertz CT molecular complexity index is 465. The van der Waals surface area contributed by atoms with Crippen LogP contribution < -0.4 is 5.32 Å². The Kier molecular flexibility index (Phi) is 6.92. The Labute approximate surface area is 126 Å². The van der Waals surface area contributed by atoms with Crippen LogP contribution in [0.4, 0.5) is 0 Å². The zero-order valence-corrected chi connectivity index (χ0v) is 13.1. The summed E-state index contributed by atoms with van der Waals surface area (Å²) in [5.41, 5.74) is 2.37. The van der Waals surface area contributed by atoms with E-state index < -0.39 is 5.97 Å². The lowest BCUT2D eigenvalue weighted by Gasteiger charge is -2.15. The highest BCUT2D eigenvalue weighted by atomic mass is 16.4. The first-order valence-electron chi connectivity index (χ1n) is 7.51. The van der Waals surface area contributed by atoms with Gasteiger partial charge < -0.3 is 10.4 Å². The number of carboxylic acids is 1. The van der Waals surface area contributed by atoms with Crippen molar-refractivity contribution in [1.29, 1.82) is 0 Å². The summed E-state index contributed by atoms with van der Waals surface area (Å²) in [5, 5.41) is 11.5. The van der Waals surface area contributed by atoms with Crippen molar-refractivity contribution in [1.82, 2.24) is 5.32 Å². The third-order valence-corrected chi connectivity index (χ3v) is 3.53. The van der Waals surface area contributed by atoms with Gasteiger partial charge in [0.15, 0.2) is 0 Å². The Morgan fingerprint density at radius 1 is 1.00 bits per heavy atom. The predicted molar refractivity (Wildman–Crippen MR) is 83.2 cm³/mol. The Hall–Kier alpha value is -1.84. The molecule has 1 aromatic carbocycles. The van der Waals surface area contributed by atoms with Crippen molar-refractivity contribution in [3.8, 4) is 0 Å². The van der Waals surface area contributed by atoms with Crippen LogP contribution in [0.3, 0.4) is 0 Å². The molecule has 116 valence electrons. The van der Waals surface area contributed by atoms with E-state index in [1.807, 2.05) is 19.1 Å². The van der Waals surface area contributed by atoms with E-state index in [0.29, 0.717) is 25.2 Å². The average Bonchev–Trinajstić information content (AvgIpc) is 2.43. The van der Waals surface area contributed by atoms with Crippen molar-refractivity contribution >= 4 is 11.9 Å². The second-order valence-corrected chi connectivity index (χ2v) is 5.71. The number of rotatable bonds is 8. The van der Waals surface area contributed by atoms with Crippen molar-refractivity contribution in [2.45, 2.75) is 58.4 Å². The van der Waals surface area contributed by atoms with Crippen LogP contribution in [0.1, 0.15) is 69.5 Å². The SMILES string of the molecule is CC(C)c1ccc(C(C)NC(=O)CCCCC(=O)O)cc1. The lowest BCUT2D eigenvalue weighted by atomic mass is 9.99. The summed E-state index contributed by atoms with van der Waals surface area (Å²) in [5.74, 6) is -0.340. The largest absolute Gasteiger partial charge is 0.481 e. The number of aliphatic carboxylic acids is 1. The maximum Gasteiger partial charge on any atom is 0.303 e. The molecule has 0 heterocycles. The summed E-state index contributed by atoms with van der Waals surface area (Å²) in [6.45, 7) is 6.26. The van der Waals surface area contributed by atoms with Crippen LogP contribution in [0.5, 0.6) is 0 Å². The molecule has 0 aliphatic rings. The molecule has 0 saturated carbocycles. The van der Waals surface area contributed by atoms with E-state index in [9.17, 15) is 9.59 Å². The van der Waals surface area contributed by atoms with E-state index in [1.54, 1.807) is 0 Å². The molecule has 0 aliphatic heterocycles. The standard InChI is InChI=1S/C17H25NO3/c1-12(2)14-8-10-15(11-9-14)13(3)18-16(19)6-4-5-7-17(20)21/h8-13H,4-7H2,1-3H3,(H,18,19)(H,20,21). The molecule has 21 heavy (non-hydrogen) atoms. The fourth-order valence-corrected chi connectivity index (χ4v) is 2.13. The number of unbranched alkanes of at least 4 members (excludes halogenated alkanes) is 1. The van der Waals surface area contributed by atoms with Gasteiger partial charge in [0, 0.05) is 12.8 Å². The number of carbonyl (C=O) groups is 2. The number of hydrogen-bond acceptors (Lipinski definition) is 2. The molecule has 1 amide bonds. The molecule has 0 saturated heterocycles. The number of hydrogen-bond donors (Lipinski definition) is 2. The maximum atomic E-state index is 11.8. The lowest BCUT2D eigenvalue weighted by Crippen LogP contribution is -2.26. The number of amides is 1. The quantitative estimate of drug-likeness (QED) is 0.719. The van der Waals surface area contributed by atoms with Gasteiger partial charge in [-0.05, 0) is 36.8 Å². The highest BCUT2D eigenvalue weighted by molar-refractivity contribution is 5.76. The van der Waals surface area contributed by atoms with Gasteiger partial charge in [0.2, 0.25) is 5.91 Å². The molecule has 0 aromatic heterocycles. The van der Waals surface area contributed by atoms with Gasteiger partial charge in [-0.1, -0.05) is 38.1 Å². The normalized spacial score (nSPS) is 12.2. The third kappa shape index (κ3) is 6.43. The monoisotopic (exact) mass is 291 g/mol. The molecule has 1 unspecified atom stereocenters. The van der Waals surface area contributed by atoms with Gasteiger partial charge in [-0.15, -0.1) is 0 Å². The topological polar surface area (TPSA) is 66.4 Å².